The molecule has 124 valence electrons. The molecule has 0 aliphatic heterocycles. The van der Waals surface area contributed by atoms with E-state index in [1.165, 1.54) is 24.5 Å². The molecular weight excluding hydrogens is 336 g/mol. The van der Waals surface area contributed by atoms with Crippen LogP contribution in [0, 0.1) is 10.1 Å². The average molecular weight is 349 g/mol. The maximum atomic E-state index is 12.0. The number of pyridine rings is 1. The molecule has 0 saturated heterocycles. The predicted molar refractivity (Wildman–Crippen MR) is 87.9 cm³/mol. The molecule has 0 spiro atoms. The number of anilines is 1. The van der Waals surface area contributed by atoms with Gasteiger partial charge in [-0.1, -0.05) is 11.6 Å². The lowest BCUT2D eigenvalue weighted by Gasteiger charge is -2.07. The first-order valence-electron chi connectivity index (χ1n) is 6.89. The Morgan fingerprint density at radius 3 is 2.58 bits per heavy atom. The predicted octanol–water partition coefficient (Wildman–Crippen LogP) is 2.40. The summed E-state index contributed by atoms with van der Waals surface area (Å²) in [6.45, 7) is 0.0372. The fourth-order valence-electron chi connectivity index (χ4n) is 1.89. The van der Waals surface area contributed by atoms with Gasteiger partial charge in [-0.15, -0.1) is 0 Å². The SMILES string of the molecule is O=C(CCNC(=O)c1ccc(Cl)cc1[N+](=O)[O-])Nc1ccncc1. The molecule has 0 unspecified atom stereocenters. The van der Waals surface area contributed by atoms with Gasteiger partial charge in [-0.3, -0.25) is 24.7 Å². The number of nitrogens with zero attached hydrogens (tertiary/aromatic N) is 2. The molecule has 0 radical (unpaired) electrons. The van der Waals surface area contributed by atoms with Crippen molar-refractivity contribution in [3.63, 3.8) is 0 Å². The van der Waals surface area contributed by atoms with E-state index in [1.807, 2.05) is 0 Å². The Hall–Kier alpha value is -3.00. The third kappa shape index (κ3) is 4.75. The van der Waals surface area contributed by atoms with E-state index in [0.29, 0.717) is 5.69 Å². The van der Waals surface area contributed by atoms with Gasteiger partial charge < -0.3 is 10.6 Å². The summed E-state index contributed by atoms with van der Waals surface area (Å²) in [7, 11) is 0. The number of hydrogen-bond acceptors (Lipinski definition) is 5. The largest absolute Gasteiger partial charge is 0.351 e. The van der Waals surface area contributed by atoms with Crippen LogP contribution in [0.15, 0.2) is 42.7 Å². The number of carbonyl (C=O) groups is 2. The van der Waals surface area contributed by atoms with E-state index in [0.717, 1.165) is 6.07 Å². The van der Waals surface area contributed by atoms with Crippen molar-refractivity contribution in [2.45, 2.75) is 6.42 Å². The van der Waals surface area contributed by atoms with Gasteiger partial charge in [0, 0.05) is 42.1 Å². The fraction of sp³-hybridized carbons (Fsp3) is 0.133. The Labute approximate surface area is 142 Å². The number of nitrogens with one attached hydrogen (secondary N) is 2. The van der Waals surface area contributed by atoms with E-state index in [4.69, 9.17) is 11.6 Å². The minimum atomic E-state index is -0.684. The van der Waals surface area contributed by atoms with E-state index in [1.54, 1.807) is 12.1 Å². The molecule has 1 aromatic carbocycles. The van der Waals surface area contributed by atoms with Crippen LogP contribution in [-0.2, 0) is 4.79 Å². The second-order valence-corrected chi connectivity index (χ2v) is 5.14. The summed E-state index contributed by atoms with van der Waals surface area (Å²) < 4.78 is 0. The topological polar surface area (TPSA) is 114 Å². The van der Waals surface area contributed by atoms with Crippen LogP contribution in [0.3, 0.4) is 0 Å². The standard InChI is InChI=1S/C15H13ClN4O4/c16-10-1-2-12(13(9-10)20(23)24)15(22)18-8-5-14(21)19-11-3-6-17-7-4-11/h1-4,6-7,9H,5,8H2,(H,18,22)(H,17,19,21). The molecule has 0 atom stereocenters. The van der Waals surface area contributed by atoms with Crippen LogP contribution in [0.5, 0.6) is 0 Å². The second kappa shape index (κ2) is 8.02. The quantitative estimate of drug-likeness (QED) is 0.614. The molecule has 9 heteroatoms. The van der Waals surface area contributed by atoms with Crippen LogP contribution < -0.4 is 10.6 Å². The molecule has 0 aliphatic rings. The maximum Gasteiger partial charge on any atom is 0.283 e. The molecule has 2 amide bonds. The van der Waals surface area contributed by atoms with Crippen molar-refractivity contribution in [3.8, 4) is 0 Å². The highest BCUT2D eigenvalue weighted by Crippen LogP contribution is 2.23. The van der Waals surface area contributed by atoms with Crippen molar-refractivity contribution in [3.05, 3.63) is 63.4 Å². The Balaban J connectivity index is 1.90. The van der Waals surface area contributed by atoms with Gasteiger partial charge in [-0.05, 0) is 24.3 Å². The molecule has 0 bridgehead atoms. The highest BCUT2D eigenvalue weighted by molar-refractivity contribution is 6.31. The summed E-state index contributed by atoms with van der Waals surface area (Å²) in [5.41, 5.74) is 0.0924. The van der Waals surface area contributed by atoms with Crippen LogP contribution in [-0.4, -0.2) is 28.3 Å². The van der Waals surface area contributed by atoms with E-state index < -0.39 is 10.8 Å². The molecule has 2 aromatic rings. The molecule has 1 aromatic heterocycles. The van der Waals surface area contributed by atoms with Crippen molar-refractivity contribution in [2.75, 3.05) is 11.9 Å². The summed E-state index contributed by atoms with van der Waals surface area (Å²) in [6.07, 6.45) is 3.10. The third-order valence-corrected chi connectivity index (χ3v) is 3.24. The highest BCUT2D eigenvalue weighted by Gasteiger charge is 2.20. The normalized spacial score (nSPS) is 10.0. The Morgan fingerprint density at radius 1 is 1.21 bits per heavy atom. The zero-order valence-electron chi connectivity index (χ0n) is 12.4. The van der Waals surface area contributed by atoms with Gasteiger partial charge in [0.05, 0.1) is 4.92 Å². The summed E-state index contributed by atoms with van der Waals surface area (Å²) in [5, 5.41) is 16.2. The van der Waals surface area contributed by atoms with E-state index in [-0.39, 0.29) is 35.1 Å². The van der Waals surface area contributed by atoms with Crippen molar-refractivity contribution in [1.29, 1.82) is 0 Å². The minimum absolute atomic E-state index is 0.0233. The Morgan fingerprint density at radius 2 is 1.92 bits per heavy atom. The summed E-state index contributed by atoms with van der Waals surface area (Å²) in [4.78, 5) is 37.9. The second-order valence-electron chi connectivity index (χ2n) is 4.71. The van der Waals surface area contributed by atoms with Gasteiger partial charge in [0.25, 0.3) is 11.6 Å². The monoisotopic (exact) mass is 348 g/mol. The van der Waals surface area contributed by atoms with Crippen molar-refractivity contribution in [1.82, 2.24) is 10.3 Å². The molecule has 24 heavy (non-hydrogen) atoms. The number of amides is 2. The number of hydrogen-bond donors (Lipinski definition) is 2. The lowest BCUT2D eigenvalue weighted by Crippen LogP contribution is -2.28. The van der Waals surface area contributed by atoms with E-state index in [2.05, 4.69) is 15.6 Å². The first kappa shape index (κ1) is 17.4. The Bertz CT molecular complexity index is 767. The molecule has 1 heterocycles. The van der Waals surface area contributed by atoms with E-state index in [9.17, 15) is 19.7 Å². The molecule has 0 saturated carbocycles. The van der Waals surface area contributed by atoms with Gasteiger partial charge in [0.2, 0.25) is 5.91 Å². The molecule has 2 N–H and O–H groups in total. The van der Waals surface area contributed by atoms with Gasteiger partial charge in [-0.2, -0.15) is 0 Å². The van der Waals surface area contributed by atoms with Crippen LogP contribution >= 0.6 is 11.6 Å². The highest BCUT2D eigenvalue weighted by atomic mass is 35.5. The van der Waals surface area contributed by atoms with Crippen molar-refractivity contribution < 1.29 is 14.5 Å². The number of halogens is 1. The number of nitro groups is 1. The summed E-state index contributed by atoms with van der Waals surface area (Å²) >= 11 is 5.69. The smallest absolute Gasteiger partial charge is 0.283 e. The van der Waals surface area contributed by atoms with Crippen molar-refractivity contribution in [2.24, 2.45) is 0 Å². The zero-order chi connectivity index (χ0) is 17.5. The summed E-state index contributed by atoms with van der Waals surface area (Å²) in [6, 6.07) is 7.03. The number of aromatic nitrogens is 1. The number of benzene rings is 1. The van der Waals surface area contributed by atoms with Crippen LogP contribution in [0.25, 0.3) is 0 Å². The lowest BCUT2D eigenvalue weighted by molar-refractivity contribution is -0.385. The maximum absolute atomic E-state index is 12.0. The average Bonchev–Trinajstić information content (AvgIpc) is 2.55. The van der Waals surface area contributed by atoms with Gasteiger partial charge >= 0.3 is 0 Å². The number of nitro benzene ring substituents is 1. The number of carbonyl (C=O) groups excluding carboxylic acids is 2. The minimum Gasteiger partial charge on any atom is -0.351 e. The first-order valence-corrected chi connectivity index (χ1v) is 7.27. The molecule has 2 rings (SSSR count). The molecule has 8 nitrogen and oxygen atoms in total. The Kier molecular flexibility index (Phi) is 5.80. The molecular formula is C15H13ClN4O4. The van der Waals surface area contributed by atoms with Gasteiger partial charge in [0.1, 0.15) is 5.56 Å². The molecule has 0 aliphatic carbocycles. The lowest BCUT2D eigenvalue weighted by atomic mass is 10.1. The third-order valence-electron chi connectivity index (χ3n) is 3.00. The summed E-state index contributed by atoms with van der Waals surface area (Å²) in [5.74, 6) is -0.942. The zero-order valence-corrected chi connectivity index (χ0v) is 13.1. The number of rotatable bonds is 6. The van der Waals surface area contributed by atoms with Gasteiger partial charge in [-0.25, -0.2) is 0 Å². The van der Waals surface area contributed by atoms with Crippen molar-refractivity contribution >= 4 is 34.8 Å². The van der Waals surface area contributed by atoms with E-state index >= 15 is 0 Å². The molecule has 0 fully saturated rings. The van der Waals surface area contributed by atoms with Crippen LogP contribution in [0.1, 0.15) is 16.8 Å². The van der Waals surface area contributed by atoms with Gasteiger partial charge in [0.15, 0.2) is 0 Å². The van der Waals surface area contributed by atoms with Crippen LogP contribution in [0.4, 0.5) is 11.4 Å². The first-order chi connectivity index (χ1) is 11.5. The fourth-order valence-corrected chi connectivity index (χ4v) is 2.06. The van der Waals surface area contributed by atoms with Crippen LogP contribution in [0.2, 0.25) is 5.02 Å².